The van der Waals surface area contributed by atoms with Gasteiger partial charge in [-0.2, -0.15) is 5.10 Å². The molecule has 0 radical (unpaired) electrons. The van der Waals surface area contributed by atoms with E-state index in [0.717, 1.165) is 13.1 Å². The minimum atomic E-state index is 0.564. The summed E-state index contributed by atoms with van der Waals surface area (Å²) < 4.78 is 1.90. The molecular weight excluding hydrogens is 292 g/mol. The first-order valence-electron chi connectivity index (χ1n) is 8.08. The van der Waals surface area contributed by atoms with Crippen molar-refractivity contribution in [2.75, 3.05) is 26.2 Å². The van der Waals surface area contributed by atoms with E-state index in [0.29, 0.717) is 5.41 Å². The van der Waals surface area contributed by atoms with Crippen LogP contribution in [-0.2, 0) is 20.1 Å². The molecule has 4 heterocycles. The minimum absolute atomic E-state index is 0.564. The summed E-state index contributed by atoms with van der Waals surface area (Å²) in [5, 5.41) is 4.27. The van der Waals surface area contributed by atoms with E-state index >= 15 is 0 Å². The number of hydrogen-bond acceptors (Lipinski definition) is 4. The summed E-state index contributed by atoms with van der Waals surface area (Å²) in [5.41, 5.74) is 1.90. The Morgan fingerprint density at radius 3 is 2.68 bits per heavy atom. The first-order chi connectivity index (χ1) is 10.6. The highest BCUT2D eigenvalue weighted by atomic mass is 32.1. The Kier molecular flexibility index (Phi) is 3.59. The minimum Gasteiger partial charge on any atom is -0.298 e. The molecule has 2 fully saturated rings. The molecule has 0 unspecified atom stereocenters. The van der Waals surface area contributed by atoms with Gasteiger partial charge in [0.05, 0.1) is 6.20 Å². The summed E-state index contributed by atoms with van der Waals surface area (Å²) in [4.78, 5) is 8.15. The summed E-state index contributed by atoms with van der Waals surface area (Å²) in [6.07, 6.45) is 5.49. The van der Waals surface area contributed by atoms with E-state index < -0.39 is 0 Å². The Hall–Kier alpha value is -1.17. The smallest absolute Gasteiger partial charge is 0.0534 e. The van der Waals surface area contributed by atoms with Crippen LogP contribution < -0.4 is 0 Å². The van der Waals surface area contributed by atoms with Gasteiger partial charge < -0.3 is 0 Å². The van der Waals surface area contributed by atoms with E-state index in [1.54, 1.807) is 0 Å². The molecule has 22 heavy (non-hydrogen) atoms. The molecule has 0 amide bonds. The number of rotatable bonds is 4. The maximum absolute atomic E-state index is 4.27. The van der Waals surface area contributed by atoms with Crippen LogP contribution in [0.1, 0.15) is 21.7 Å². The number of thiophene rings is 1. The molecule has 118 valence electrons. The molecule has 1 spiro atoms. The lowest BCUT2D eigenvalue weighted by Crippen LogP contribution is -2.56. The van der Waals surface area contributed by atoms with Gasteiger partial charge in [-0.1, -0.05) is 0 Å². The zero-order valence-corrected chi connectivity index (χ0v) is 14.3. The van der Waals surface area contributed by atoms with Crippen LogP contribution >= 0.6 is 11.3 Å². The van der Waals surface area contributed by atoms with Crippen LogP contribution in [0.2, 0.25) is 0 Å². The van der Waals surface area contributed by atoms with Gasteiger partial charge in [0.25, 0.3) is 0 Å². The van der Waals surface area contributed by atoms with Crippen molar-refractivity contribution < 1.29 is 0 Å². The third kappa shape index (κ3) is 2.85. The van der Waals surface area contributed by atoms with Crippen LogP contribution in [0, 0.1) is 12.3 Å². The Balaban J connectivity index is 1.28. The Morgan fingerprint density at radius 2 is 2.00 bits per heavy atom. The molecule has 0 N–H and O–H groups in total. The van der Waals surface area contributed by atoms with Crippen molar-refractivity contribution in [1.82, 2.24) is 19.6 Å². The lowest BCUT2D eigenvalue weighted by Gasteiger charge is -2.48. The predicted molar refractivity (Wildman–Crippen MR) is 89.9 cm³/mol. The summed E-state index contributed by atoms with van der Waals surface area (Å²) in [7, 11) is 1.99. The molecule has 2 aliphatic heterocycles. The quantitative estimate of drug-likeness (QED) is 0.866. The standard InChI is InChI=1S/C17H24N4S/c1-14-3-4-16(22-14)10-21-12-17(13-21)5-6-20(11-17)9-15-7-18-19(2)8-15/h3-4,7-8H,5-6,9-13H2,1-2H3. The van der Waals surface area contributed by atoms with Crippen molar-refractivity contribution >= 4 is 11.3 Å². The summed E-state index contributed by atoms with van der Waals surface area (Å²) in [6.45, 7) is 9.42. The summed E-state index contributed by atoms with van der Waals surface area (Å²) in [6, 6.07) is 4.52. The van der Waals surface area contributed by atoms with Crippen molar-refractivity contribution in [2.24, 2.45) is 12.5 Å². The highest BCUT2D eigenvalue weighted by molar-refractivity contribution is 7.11. The Morgan fingerprint density at radius 1 is 1.18 bits per heavy atom. The molecule has 2 aromatic rings. The molecule has 2 saturated heterocycles. The zero-order valence-electron chi connectivity index (χ0n) is 13.5. The number of aromatic nitrogens is 2. The van der Waals surface area contributed by atoms with Crippen molar-refractivity contribution in [3.8, 4) is 0 Å². The lowest BCUT2D eigenvalue weighted by atomic mass is 9.79. The summed E-state index contributed by atoms with van der Waals surface area (Å²) >= 11 is 1.94. The van der Waals surface area contributed by atoms with Gasteiger partial charge in [0.15, 0.2) is 0 Å². The molecule has 4 nitrogen and oxygen atoms in total. The van der Waals surface area contributed by atoms with Crippen molar-refractivity contribution in [1.29, 1.82) is 0 Å². The molecule has 0 bridgehead atoms. The van der Waals surface area contributed by atoms with Crippen LogP contribution in [0.25, 0.3) is 0 Å². The number of aryl methyl sites for hydroxylation is 2. The predicted octanol–water partition coefficient (Wildman–Crippen LogP) is 2.50. The number of nitrogens with zero attached hydrogens (tertiary/aromatic N) is 4. The van der Waals surface area contributed by atoms with Gasteiger partial charge in [-0.3, -0.25) is 14.5 Å². The Labute approximate surface area is 136 Å². The Bertz CT molecular complexity index is 653. The fourth-order valence-electron chi connectivity index (χ4n) is 4.04. The second kappa shape index (κ2) is 5.48. The molecule has 2 aromatic heterocycles. The molecule has 0 atom stereocenters. The second-order valence-electron chi connectivity index (χ2n) is 7.14. The molecule has 4 rings (SSSR count). The van der Waals surface area contributed by atoms with Crippen molar-refractivity contribution in [3.05, 3.63) is 39.8 Å². The van der Waals surface area contributed by atoms with Gasteiger partial charge in [0.1, 0.15) is 0 Å². The maximum Gasteiger partial charge on any atom is 0.0534 e. The van der Waals surface area contributed by atoms with Gasteiger partial charge >= 0.3 is 0 Å². The van der Waals surface area contributed by atoms with Crippen LogP contribution in [0.15, 0.2) is 24.5 Å². The molecule has 0 saturated carbocycles. The van der Waals surface area contributed by atoms with Crippen molar-refractivity contribution in [2.45, 2.75) is 26.4 Å². The molecule has 0 aromatic carbocycles. The lowest BCUT2D eigenvalue weighted by molar-refractivity contribution is 0.00233. The third-order valence-electron chi connectivity index (χ3n) is 4.98. The SMILES string of the molecule is Cc1ccc(CN2CC3(CCN(Cc4cnn(C)c4)C3)C2)s1. The molecule has 5 heteroatoms. The fraction of sp³-hybridized carbons (Fsp3) is 0.588. The average molecular weight is 316 g/mol. The first-order valence-corrected chi connectivity index (χ1v) is 8.90. The highest BCUT2D eigenvalue weighted by Gasteiger charge is 2.47. The van der Waals surface area contributed by atoms with E-state index in [-0.39, 0.29) is 0 Å². The molecular formula is C17H24N4S. The van der Waals surface area contributed by atoms with E-state index in [9.17, 15) is 0 Å². The van der Waals surface area contributed by atoms with E-state index in [1.807, 2.05) is 29.3 Å². The first kappa shape index (κ1) is 14.4. The number of likely N-dealkylation sites (tertiary alicyclic amines) is 2. The summed E-state index contributed by atoms with van der Waals surface area (Å²) in [5.74, 6) is 0. The number of hydrogen-bond donors (Lipinski definition) is 0. The van der Waals surface area contributed by atoms with Gasteiger partial charge in [-0.25, -0.2) is 0 Å². The molecule has 0 aliphatic carbocycles. The normalized spacial score (nSPS) is 21.5. The third-order valence-corrected chi connectivity index (χ3v) is 5.96. The highest BCUT2D eigenvalue weighted by Crippen LogP contribution is 2.40. The van der Waals surface area contributed by atoms with Crippen LogP contribution in [0.3, 0.4) is 0 Å². The monoisotopic (exact) mass is 316 g/mol. The van der Waals surface area contributed by atoms with Gasteiger partial charge in [-0.05, 0) is 32.0 Å². The zero-order chi connectivity index (χ0) is 15.2. The topological polar surface area (TPSA) is 24.3 Å². The van der Waals surface area contributed by atoms with Crippen LogP contribution in [0.4, 0.5) is 0 Å². The van der Waals surface area contributed by atoms with Crippen LogP contribution in [0.5, 0.6) is 0 Å². The van der Waals surface area contributed by atoms with E-state index in [4.69, 9.17) is 0 Å². The van der Waals surface area contributed by atoms with Crippen molar-refractivity contribution in [3.63, 3.8) is 0 Å². The van der Waals surface area contributed by atoms with E-state index in [1.165, 1.54) is 47.9 Å². The van der Waals surface area contributed by atoms with Crippen LogP contribution in [-0.4, -0.2) is 45.8 Å². The maximum atomic E-state index is 4.27. The van der Waals surface area contributed by atoms with Gasteiger partial charge in [-0.15, -0.1) is 11.3 Å². The van der Waals surface area contributed by atoms with Gasteiger partial charge in [0.2, 0.25) is 0 Å². The largest absolute Gasteiger partial charge is 0.298 e. The second-order valence-corrected chi connectivity index (χ2v) is 8.51. The average Bonchev–Trinajstić information content (AvgIpc) is 3.12. The van der Waals surface area contributed by atoms with E-state index in [2.05, 4.69) is 40.2 Å². The molecule has 2 aliphatic rings. The van der Waals surface area contributed by atoms with Gasteiger partial charge in [0, 0.05) is 66.7 Å². The fourth-order valence-corrected chi connectivity index (χ4v) is 4.97.